The molecule has 0 saturated heterocycles. The normalized spacial score (nSPS) is 11.6. The molecule has 3 heteroatoms. The van der Waals surface area contributed by atoms with Gasteiger partial charge in [-0.15, -0.1) is 0 Å². The average molecular weight is 252 g/mol. The van der Waals surface area contributed by atoms with Gasteiger partial charge in [-0.05, 0) is 55.9 Å². The van der Waals surface area contributed by atoms with Crippen LogP contribution in [0, 0.1) is 11.3 Å². The van der Waals surface area contributed by atoms with Crippen LogP contribution in [0.2, 0.25) is 0 Å². The summed E-state index contributed by atoms with van der Waals surface area (Å²) in [6, 6.07) is 17.4. The van der Waals surface area contributed by atoms with E-state index in [9.17, 15) is 0 Å². The topological polar surface area (TPSA) is 45.0 Å². The summed E-state index contributed by atoms with van der Waals surface area (Å²) < 4.78 is 5.78. The summed E-state index contributed by atoms with van der Waals surface area (Å²) in [5, 5.41) is 11.9. The highest BCUT2D eigenvalue weighted by Gasteiger charge is 2.04. The zero-order valence-electron chi connectivity index (χ0n) is 11.1. The molecular weight excluding hydrogens is 236 g/mol. The monoisotopic (exact) mass is 252 g/mol. The van der Waals surface area contributed by atoms with E-state index in [1.165, 1.54) is 5.56 Å². The molecule has 0 radical (unpaired) electrons. The minimum atomic E-state index is 0.282. The first-order chi connectivity index (χ1) is 9.22. The van der Waals surface area contributed by atoms with Crippen molar-refractivity contribution in [3.8, 4) is 17.6 Å². The molecule has 0 bridgehead atoms. The Morgan fingerprint density at radius 3 is 2.47 bits per heavy atom. The van der Waals surface area contributed by atoms with Crippen molar-refractivity contribution in [3.05, 3.63) is 59.7 Å². The van der Waals surface area contributed by atoms with Gasteiger partial charge in [0.25, 0.3) is 0 Å². The number of hydrogen-bond donors (Lipinski definition) is 1. The fourth-order valence-corrected chi connectivity index (χ4v) is 1.75. The average Bonchev–Trinajstić information content (AvgIpc) is 2.47. The van der Waals surface area contributed by atoms with E-state index in [1.54, 1.807) is 24.3 Å². The summed E-state index contributed by atoms with van der Waals surface area (Å²) in [4.78, 5) is 0. The molecule has 3 nitrogen and oxygen atoms in total. The number of nitrogens with zero attached hydrogens (tertiary/aromatic N) is 1. The van der Waals surface area contributed by atoms with Gasteiger partial charge in [-0.1, -0.05) is 12.1 Å². The van der Waals surface area contributed by atoms with Gasteiger partial charge in [0.05, 0.1) is 11.6 Å². The van der Waals surface area contributed by atoms with Gasteiger partial charge >= 0.3 is 0 Å². The zero-order valence-corrected chi connectivity index (χ0v) is 11.1. The van der Waals surface area contributed by atoms with Crippen LogP contribution in [0.5, 0.6) is 11.5 Å². The van der Waals surface area contributed by atoms with E-state index in [2.05, 4.69) is 24.4 Å². The van der Waals surface area contributed by atoms with E-state index in [0.717, 1.165) is 11.5 Å². The van der Waals surface area contributed by atoms with Crippen LogP contribution in [-0.2, 0) is 0 Å². The molecule has 0 saturated carbocycles. The van der Waals surface area contributed by atoms with Crippen molar-refractivity contribution >= 4 is 0 Å². The van der Waals surface area contributed by atoms with E-state index < -0.39 is 0 Å². The van der Waals surface area contributed by atoms with Gasteiger partial charge in [0.2, 0.25) is 0 Å². The van der Waals surface area contributed by atoms with Gasteiger partial charge in [0.15, 0.2) is 0 Å². The van der Waals surface area contributed by atoms with E-state index in [4.69, 9.17) is 10.00 Å². The van der Waals surface area contributed by atoms with Crippen LogP contribution in [-0.4, -0.2) is 7.05 Å². The fraction of sp³-hybridized carbons (Fsp3) is 0.188. The van der Waals surface area contributed by atoms with Gasteiger partial charge in [-0.3, -0.25) is 0 Å². The summed E-state index contributed by atoms with van der Waals surface area (Å²) in [7, 11) is 1.93. The Bertz CT molecular complexity index is 584. The maximum atomic E-state index is 8.75. The highest BCUT2D eigenvalue weighted by molar-refractivity contribution is 5.38. The minimum Gasteiger partial charge on any atom is -0.457 e. The first-order valence-electron chi connectivity index (χ1n) is 6.18. The Hall–Kier alpha value is -2.31. The van der Waals surface area contributed by atoms with Crippen molar-refractivity contribution in [2.24, 2.45) is 0 Å². The molecule has 2 aromatic rings. The Morgan fingerprint density at radius 1 is 1.11 bits per heavy atom. The summed E-state index contributed by atoms with van der Waals surface area (Å²) in [5.41, 5.74) is 1.80. The van der Waals surface area contributed by atoms with E-state index >= 15 is 0 Å². The first-order valence-corrected chi connectivity index (χ1v) is 6.18. The van der Waals surface area contributed by atoms with Crippen molar-refractivity contribution in [3.63, 3.8) is 0 Å². The molecule has 1 atom stereocenters. The number of ether oxygens (including phenoxy) is 1. The van der Waals surface area contributed by atoms with E-state index in [1.807, 2.05) is 25.2 Å². The maximum absolute atomic E-state index is 8.75. The highest BCUT2D eigenvalue weighted by atomic mass is 16.5. The predicted molar refractivity (Wildman–Crippen MR) is 75.1 cm³/mol. The number of rotatable bonds is 4. The van der Waals surface area contributed by atoms with Gasteiger partial charge in [-0.2, -0.15) is 5.26 Å². The van der Waals surface area contributed by atoms with Crippen molar-refractivity contribution in [2.75, 3.05) is 7.05 Å². The van der Waals surface area contributed by atoms with Gasteiger partial charge in [0.1, 0.15) is 11.5 Å². The minimum absolute atomic E-state index is 0.282. The largest absolute Gasteiger partial charge is 0.457 e. The molecule has 0 aliphatic heterocycles. The predicted octanol–water partition coefficient (Wildman–Crippen LogP) is 3.63. The van der Waals surface area contributed by atoms with Crippen LogP contribution < -0.4 is 10.1 Å². The Balaban J connectivity index is 2.16. The second-order valence-corrected chi connectivity index (χ2v) is 4.32. The number of nitrogens with one attached hydrogen (secondary N) is 1. The molecule has 0 aromatic heterocycles. The standard InChI is InChI=1S/C16H16N2O/c1-12(18-2)14-4-3-5-16(10-14)19-15-8-6-13(11-17)7-9-15/h3-10,12,18H,1-2H3. The first kappa shape index (κ1) is 13.1. The molecule has 0 heterocycles. The Morgan fingerprint density at radius 2 is 1.84 bits per heavy atom. The summed E-state index contributed by atoms with van der Waals surface area (Å²) >= 11 is 0. The molecule has 0 amide bonds. The van der Waals surface area contributed by atoms with Crippen LogP contribution in [0.1, 0.15) is 24.1 Å². The molecule has 2 rings (SSSR count). The molecule has 0 aliphatic carbocycles. The third-order valence-electron chi connectivity index (χ3n) is 3.01. The lowest BCUT2D eigenvalue weighted by Gasteiger charge is -2.12. The second-order valence-electron chi connectivity index (χ2n) is 4.32. The molecule has 0 fully saturated rings. The SMILES string of the molecule is CNC(C)c1cccc(Oc2ccc(C#N)cc2)c1. The quantitative estimate of drug-likeness (QED) is 0.903. The molecule has 96 valence electrons. The molecule has 0 spiro atoms. The summed E-state index contributed by atoms with van der Waals surface area (Å²) in [6.45, 7) is 2.10. The molecule has 2 aromatic carbocycles. The van der Waals surface area contributed by atoms with E-state index in [-0.39, 0.29) is 6.04 Å². The van der Waals surface area contributed by atoms with Crippen LogP contribution in [0.4, 0.5) is 0 Å². The highest BCUT2D eigenvalue weighted by Crippen LogP contribution is 2.24. The second kappa shape index (κ2) is 6.03. The number of nitriles is 1. The zero-order chi connectivity index (χ0) is 13.7. The molecule has 1 N–H and O–H groups in total. The van der Waals surface area contributed by atoms with Crippen molar-refractivity contribution in [1.29, 1.82) is 5.26 Å². The van der Waals surface area contributed by atoms with Gasteiger partial charge in [0, 0.05) is 6.04 Å². The molecule has 0 aliphatic rings. The summed E-state index contributed by atoms with van der Waals surface area (Å²) in [5.74, 6) is 1.53. The van der Waals surface area contributed by atoms with Crippen molar-refractivity contribution in [2.45, 2.75) is 13.0 Å². The molecule has 19 heavy (non-hydrogen) atoms. The lowest BCUT2D eigenvalue weighted by molar-refractivity contribution is 0.480. The molecular formula is C16H16N2O. The Labute approximate surface area is 113 Å². The van der Waals surface area contributed by atoms with Crippen LogP contribution >= 0.6 is 0 Å². The third-order valence-corrected chi connectivity index (χ3v) is 3.01. The number of benzene rings is 2. The fourth-order valence-electron chi connectivity index (χ4n) is 1.75. The van der Waals surface area contributed by atoms with Crippen LogP contribution in [0.15, 0.2) is 48.5 Å². The lowest BCUT2D eigenvalue weighted by atomic mass is 10.1. The smallest absolute Gasteiger partial charge is 0.127 e. The Kier molecular flexibility index (Phi) is 4.17. The van der Waals surface area contributed by atoms with Gasteiger partial charge < -0.3 is 10.1 Å². The molecule has 1 unspecified atom stereocenters. The summed E-state index contributed by atoms with van der Waals surface area (Å²) in [6.07, 6.45) is 0. The lowest BCUT2D eigenvalue weighted by Crippen LogP contribution is -2.11. The van der Waals surface area contributed by atoms with E-state index in [0.29, 0.717) is 5.56 Å². The van der Waals surface area contributed by atoms with Crippen LogP contribution in [0.3, 0.4) is 0 Å². The van der Waals surface area contributed by atoms with Crippen molar-refractivity contribution in [1.82, 2.24) is 5.32 Å². The van der Waals surface area contributed by atoms with Crippen molar-refractivity contribution < 1.29 is 4.74 Å². The maximum Gasteiger partial charge on any atom is 0.127 e. The number of hydrogen-bond acceptors (Lipinski definition) is 3. The van der Waals surface area contributed by atoms with Crippen LogP contribution in [0.25, 0.3) is 0 Å². The van der Waals surface area contributed by atoms with Gasteiger partial charge in [-0.25, -0.2) is 0 Å². The third kappa shape index (κ3) is 3.34.